The second-order valence-electron chi connectivity index (χ2n) is 6.99. The third kappa shape index (κ3) is 5.20. The van der Waals surface area contributed by atoms with Crippen molar-refractivity contribution in [1.29, 1.82) is 0 Å². The molecule has 1 fully saturated rings. The second-order valence-corrected chi connectivity index (χ2v) is 8.87. The van der Waals surface area contributed by atoms with Crippen LogP contribution in [0.15, 0.2) is 59.2 Å². The van der Waals surface area contributed by atoms with Gasteiger partial charge in [0, 0.05) is 44.3 Å². The van der Waals surface area contributed by atoms with Gasteiger partial charge in [0.15, 0.2) is 5.82 Å². The average molecular weight is 470 g/mol. The van der Waals surface area contributed by atoms with E-state index in [2.05, 4.69) is 49.4 Å². The van der Waals surface area contributed by atoms with Crippen molar-refractivity contribution >= 4 is 52.2 Å². The maximum atomic E-state index is 12.5. The van der Waals surface area contributed by atoms with E-state index < -0.39 is 5.97 Å². The summed E-state index contributed by atoms with van der Waals surface area (Å²) in [5.74, 6) is 0.272. The molecule has 10 heteroatoms. The average Bonchev–Trinajstić information content (AvgIpc) is 3.31. The minimum absolute atomic E-state index is 0.159. The van der Waals surface area contributed by atoms with Crippen LogP contribution in [0.25, 0.3) is 0 Å². The predicted octanol–water partition coefficient (Wildman–Crippen LogP) is 3.38. The molecule has 1 aromatic carbocycles. The van der Waals surface area contributed by atoms with Crippen LogP contribution in [-0.2, 0) is 9.53 Å². The molecule has 0 atom stereocenters. The lowest BCUT2D eigenvalue weighted by molar-refractivity contribution is -0.113. The molecule has 0 spiro atoms. The van der Waals surface area contributed by atoms with E-state index in [0.717, 1.165) is 32.0 Å². The molecule has 0 aliphatic carbocycles. The van der Waals surface area contributed by atoms with Crippen molar-refractivity contribution in [3.63, 3.8) is 0 Å². The van der Waals surface area contributed by atoms with Crippen molar-refractivity contribution in [2.75, 3.05) is 54.2 Å². The van der Waals surface area contributed by atoms with Gasteiger partial charge in [0.05, 0.1) is 18.6 Å². The van der Waals surface area contributed by atoms with Gasteiger partial charge in [-0.3, -0.25) is 4.79 Å². The van der Waals surface area contributed by atoms with Crippen LogP contribution in [0.3, 0.4) is 0 Å². The Hall–Kier alpha value is -3.11. The molecule has 1 aliphatic rings. The summed E-state index contributed by atoms with van der Waals surface area (Å²) in [6.07, 6.45) is 3.31. The third-order valence-electron chi connectivity index (χ3n) is 5.00. The van der Waals surface area contributed by atoms with Gasteiger partial charge in [0.1, 0.15) is 9.90 Å². The number of rotatable bonds is 7. The van der Waals surface area contributed by atoms with Crippen LogP contribution in [-0.4, -0.2) is 60.9 Å². The number of carbonyl (C=O) groups is 2. The lowest BCUT2D eigenvalue weighted by Crippen LogP contribution is -2.47. The van der Waals surface area contributed by atoms with Crippen LogP contribution in [0.1, 0.15) is 9.67 Å². The number of esters is 1. The van der Waals surface area contributed by atoms with Crippen LogP contribution in [0.5, 0.6) is 0 Å². The Morgan fingerprint density at radius 2 is 1.78 bits per heavy atom. The fourth-order valence-corrected chi connectivity index (χ4v) is 4.98. The molecule has 0 unspecified atom stereocenters. The zero-order valence-corrected chi connectivity index (χ0v) is 19.2. The van der Waals surface area contributed by atoms with Gasteiger partial charge in [-0.2, -0.15) is 0 Å². The second kappa shape index (κ2) is 10.5. The van der Waals surface area contributed by atoms with Crippen LogP contribution < -0.4 is 15.1 Å². The third-order valence-corrected chi connectivity index (χ3v) is 6.86. The Balaban J connectivity index is 1.35. The number of benzene rings is 1. The van der Waals surface area contributed by atoms with E-state index in [-0.39, 0.29) is 11.7 Å². The number of nitrogens with one attached hydrogen (secondary N) is 1. The molecular weight excluding hydrogens is 446 g/mol. The standard InChI is InChI=1S/C22H23N5O3S2/c1-30-22(29)19-17(7-14-31-19)25-18(28)15-32-21-20(23-8-9-24-21)27-12-10-26(11-13-27)16-5-3-2-4-6-16/h2-9,14H,10-13,15H2,1H3,(H,25,28). The number of carbonyl (C=O) groups excluding carboxylic acids is 2. The van der Waals surface area contributed by atoms with E-state index in [4.69, 9.17) is 4.74 Å². The van der Waals surface area contributed by atoms with Crippen molar-refractivity contribution in [3.05, 3.63) is 59.0 Å². The van der Waals surface area contributed by atoms with Gasteiger partial charge in [-0.1, -0.05) is 30.0 Å². The first-order valence-corrected chi connectivity index (χ1v) is 12.0. The molecule has 3 heterocycles. The zero-order valence-electron chi connectivity index (χ0n) is 17.6. The number of para-hydroxylation sites is 1. The van der Waals surface area contributed by atoms with Gasteiger partial charge in [0.2, 0.25) is 5.91 Å². The molecule has 1 saturated heterocycles. The van der Waals surface area contributed by atoms with E-state index in [1.807, 2.05) is 6.07 Å². The van der Waals surface area contributed by atoms with E-state index in [1.165, 1.54) is 35.9 Å². The van der Waals surface area contributed by atoms with Crippen molar-refractivity contribution in [3.8, 4) is 0 Å². The summed E-state index contributed by atoms with van der Waals surface area (Å²) in [5, 5.41) is 5.24. The molecule has 0 saturated carbocycles. The number of hydrogen-bond donors (Lipinski definition) is 1. The molecule has 2 aromatic heterocycles. The topological polar surface area (TPSA) is 87.7 Å². The summed E-state index contributed by atoms with van der Waals surface area (Å²) < 4.78 is 4.75. The Labute approximate surface area is 194 Å². The van der Waals surface area contributed by atoms with Crippen LogP contribution in [0.2, 0.25) is 0 Å². The maximum absolute atomic E-state index is 12.5. The largest absolute Gasteiger partial charge is 0.465 e. The molecule has 32 heavy (non-hydrogen) atoms. The summed E-state index contributed by atoms with van der Waals surface area (Å²) in [7, 11) is 1.32. The van der Waals surface area contributed by atoms with Gasteiger partial charge < -0.3 is 19.9 Å². The number of aromatic nitrogens is 2. The number of amides is 1. The van der Waals surface area contributed by atoms with E-state index in [9.17, 15) is 9.59 Å². The maximum Gasteiger partial charge on any atom is 0.350 e. The van der Waals surface area contributed by atoms with Gasteiger partial charge >= 0.3 is 5.97 Å². The first-order valence-electron chi connectivity index (χ1n) is 10.1. The van der Waals surface area contributed by atoms with Gasteiger partial charge in [-0.25, -0.2) is 14.8 Å². The van der Waals surface area contributed by atoms with Gasteiger partial charge in [-0.05, 0) is 23.6 Å². The SMILES string of the molecule is COC(=O)c1sccc1NC(=O)CSc1nccnc1N1CCN(c2ccccc2)CC1. The van der Waals surface area contributed by atoms with E-state index in [0.29, 0.717) is 15.6 Å². The summed E-state index contributed by atoms with van der Waals surface area (Å²) in [4.78, 5) is 38.2. The van der Waals surface area contributed by atoms with Crippen LogP contribution in [0, 0.1) is 0 Å². The smallest absolute Gasteiger partial charge is 0.350 e. The molecule has 4 rings (SSSR count). The highest BCUT2D eigenvalue weighted by Crippen LogP contribution is 2.28. The minimum atomic E-state index is -0.464. The van der Waals surface area contributed by atoms with E-state index in [1.54, 1.807) is 23.8 Å². The number of piperazine rings is 1. The normalized spacial score (nSPS) is 13.7. The molecular formula is C22H23N5O3S2. The highest BCUT2D eigenvalue weighted by molar-refractivity contribution is 8.00. The van der Waals surface area contributed by atoms with Gasteiger partial charge in [-0.15, -0.1) is 11.3 Å². The molecule has 1 N–H and O–H groups in total. The Kier molecular flexibility index (Phi) is 7.23. The van der Waals surface area contributed by atoms with Crippen molar-refractivity contribution in [2.24, 2.45) is 0 Å². The molecule has 166 valence electrons. The Morgan fingerprint density at radius 1 is 1.06 bits per heavy atom. The lowest BCUT2D eigenvalue weighted by Gasteiger charge is -2.37. The number of thioether (sulfide) groups is 1. The molecule has 0 bridgehead atoms. The van der Waals surface area contributed by atoms with Crippen LogP contribution in [0.4, 0.5) is 17.2 Å². The predicted molar refractivity (Wildman–Crippen MR) is 128 cm³/mol. The number of ether oxygens (including phenoxy) is 1. The monoisotopic (exact) mass is 469 g/mol. The van der Waals surface area contributed by atoms with Crippen LogP contribution >= 0.6 is 23.1 Å². The Bertz CT molecular complexity index is 1070. The number of methoxy groups -OCH3 is 1. The molecule has 3 aromatic rings. The van der Waals surface area contributed by atoms with Crippen molar-refractivity contribution < 1.29 is 14.3 Å². The molecule has 1 amide bonds. The number of hydrogen-bond acceptors (Lipinski definition) is 9. The number of anilines is 3. The molecule has 8 nitrogen and oxygen atoms in total. The minimum Gasteiger partial charge on any atom is -0.465 e. The molecule has 0 radical (unpaired) electrons. The summed E-state index contributed by atoms with van der Waals surface area (Å²) >= 11 is 2.56. The number of thiophene rings is 1. The van der Waals surface area contributed by atoms with Crippen molar-refractivity contribution in [2.45, 2.75) is 5.03 Å². The van der Waals surface area contributed by atoms with E-state index >= 15 is 0 Å². The first kappa shape index (κ1) is 22.1. The van der Waals surface area contributed by atoms with Crippen molar-refractivity contribution in [1.82, 2.24) is 9.97 Å². The summed E-state index contributed by atoms with van der Waals surface area (Å²) in [6.45, 7) is 3.43. The van der Waals surface area contributed by atoms with Gasteiger partial charge in [0.25, 0.3) is 0 Å². The summed E-state index contributed by atoms with van der Waals surface area (Å²) in [5.41, 5.74) is 1.68. The zero-order chi connectivity index (χ0) is 22.3. The highest BCUT2D eigenvalue weighted by atomic mass is 32.2. The molecule has 1 aliphatic heterocycles. The summed E-state index contributed by atoms with van der Waals surface area (Å²) in [6, 6.07) is 12.1. The fourth-order valence-electron chi connectivity index (χ4n) is 3.43. The lowest BCUT2D eigenvalue weighted by atomic mass is 10.2. The fraction of sp³-hybridized carbons (Fsp3) is 0.273. The first-order chi connectivity index (χ1) is 15.7. The number of nitrogens with zero attached hydrogens (tertiary/aromatic N) is 4. The highest BCUT2D eigenvalue weighted by Gasteiger charge is 2.22. The quantitative estimate of drug-likeness (QED) is 0.416. The Morgan fingerprint density at radius 3 is 2.53 bits per heavy atom.